The molecule has 2 rings (SSSR count). The highest BCUT2D eigenvalue weighted by Crippen LogP contribution is 2.16. The third kappa shape index (κ3) is 3.54. The number of Topliss-reactive ketones (excluding diaryl/α,β-unsaturated/α-hetero) is 1. The summed E-state index contributed by atoms with van der Waals surface area (Å²) in [6.45, 7) is 3.87. The first kappa shape index (κ1) is 15.4. The molecule has 0 saturated heterocycles. The number of carbonyl (C=O) groups is 1. The molecule has 0 fully saturated rings. The van der Waals surface area contributed by atoms with Gasteiger partial charge in [0, 0.05) is 31.6 Å². The van der Waals surface area contributed by atoms with E-state index in [-0.39, 0.29) is 17.8 Å². The number of nitrogens with zero attached hydrogens (tertiary/aromatic N) is 2. The van der Waals surface area contributed by atoms with Crippen LogP contribution in [0, 0.1) is 25.5 Å². The zero-order chi connectivity index (χ0) is 15.6. The standard InChI is InChI=1S/C16H18F2N2O/c1-10-15(11(2)20(3)19-10)7-6-14(21)8-12-4-5-13(17)9-16(12)18/h4-5,9H,6-8H2,1-3H3. The minimum atomic E-state index is -0.669. The number of ketones is 1. The van der Waals surface area contributed by atoms with E-state index in [9.17, 15) is 13.6 Å². The van der Waals surface area contributed by atoms with Gasteiger partial charge in [-0.05, 0) is 37.5 Å². The van der Waals surface area contributed by atoms with E-state index in [1.165, 1.54) is 12.1 Å². The minimum absolute atomic E-state index is 0.00945. The lowest BCUT2D eigenvalue weighted by Gasteiger charge is -2.04. The van der Waals surface area contributed by atoms with Crippen molar-refractivity contribution >= 4 is 5.78 Å². The average Bonchev–Trinajstić information content (AvgIpc) is 2.65. The molecular formula is C16H18F2N2O. The molecule has 21 heavy (non-hydrogen) atoms. The smallest absolute Gasteiger partial charge is 0.137 e. The molecule has 3 nitrogen and oxygen atoms in total. The summed E-state index contributed by atoms with van der Waals surface area (Å²) >= 11 is 0. The molecule has 0 amide bonds. The largest absolute Gasteiger partial charge is 0.299 e. The summed E-state index contributed by atoms with van der Waals surface area (Å²) in [5, 5.41) is 4.30. The molecule has 0 aliphatic carbocycles. The number of aryl methyl sites for hydroxylation is 2. The molecule has 0 aliphatic heterocycles. The van der Waals surface area contributed by atoms with Crippen LogP contribution in [0.4, 0.5) is 8.78 Å². The van der Waals surface area contributed by atoms with Crippen molar-refractivity contribution in [2.45, 2.75) is 33.1 Å². The summed E-state index contributed by atoms with van der Waals surface area (Å²) in [5.74, 6) is -1.37. The Morgan fingerprint density at radius 2 is 2.00 bits per heavy atom. The fourth-order valence-corrected chi connectivity index (χ4v) is 2.41. The van der Waals surface area contributed by atoms with Crippen LogP contribution in [-0.2, 0) is 24.7 Å². The van der Waals surface area contributed by atoms with Gasteiger partial charge in [0.1, 0.15) is 17.4 Å². The predicted octanol–water partition coefficient (Wildman–Crippen LogP) is 3.06. The van der Waals surface area contributed by atoms with Crippen LogP contribution in [0.5, 0.6) is 0 Å². The minimum Gasteiger partial charge on any atom is -0.299 e. The molecular weight excluding hydrogens is 274 g/mol. The monoisotopic (exact) mass is 292 g/mol. The van der Waals surface area contributed by atoms with Gasteiger partial charge in [-0.2, -0.15) is 5.10 Å². The van der Waals surface area contributed by atoms with Gasteiger partial charge in [-0.15, -0.1) is 0 Å². The van der Waals surface area contributed by atoms with Crippen molar-refractivity contribution in [3.63, 3.8) is 0 Å². The van der Waals surface area contributed by atoms with E-state index in [1.807, 2.05) is 20.9 Å². The van der Waals surface area contributed by atoms with Crippen LogP contribution in [-0.4, -0.2) is 15.6 Å². The van der Waals surface area contributed by atoms with Crippen LogP contribution in [0.25, 0.3) is 0 Å². The fraction of sp³-hybridized carbons (Fsp3) is 0.375. The number of carbonyl (C=O) groups excluding carboxylic acids is 1. The first-order valence-electron chi connectivity index (χ1n) is 6.83. The van der Waals surface area contributed by atoms with Gasteiger partial charge < -0.3 is 0 Å². The van der Waals surface area contributed by atoms with Gasteiger partial charge in [0.25, 0.3) is 0 Å². The Morgan fingerprint density at radius 1 is 1.29 bits per heavy atom. The van der Waals surface area contributed by atoms with E-state index in [1.54, 1.807) is 4.68 Å². The van der Waals surface area contributed by atoms with E-state index < -0.39 is 11.6 Å². The summed E-state index contributed by atoms with van der Waals surface area (Å²) < 4.78 is 28.1. The van der Waals surface area contributed by atoms with Gasteiger partial charge in [0.05, 0.1) is 5.69 Å². The fourth-order valence-electron chi connectivity index (χ4n) is 2.41. The molecule has 0 aliphatic rings. The lowest BCUT2D eigenvalue weighted by molar-refractivity contribution is -0.118. The van der Waals surface area contributed by atoms with E-state index in [2.05, 4.69) is 5.10 Å². The van der Waals surface area contributed by atoms with Crippen LogP contribution in [0.3, 0.4) is 0 Å². The highest BCUT2D eigenvalue weighted by atomic mass is 19.1. The number of rotatable bonds is 5. The Balaban J connectivity index is 1.99. The molecule has 0 bridgehead atoms. The van der Waals surface area contributed by atoms with E-state index in [4.69, 9.17) is 0 Å². The summed E-state index contributed by atoms with van der Waals surface area (Å²) in [6.07, 6.45) is 0.905. The topological polar surface area (TPSA) is 34.9 Å². The van der Waals surface area contributed by atoms with Crippen LogP contribution in [0.1, 0.15) is 28.9 Å². The summed E-state index contributed by atoms with van der Waals surface area (Å²) in [7, 11) is 1.86. The SMILES string of the molecule is Cc1nn(C)c(C)c1CCC(=O)Cc1ccc(F)cc1F. The Bertz CT molecular complexity index is 677. The van der Waals surface area contributed by atoms with Crippen molar-refractivity contribution < 1.29 is 13.6 Å². The van der Waals surface area contributed by atoms with Gasteiger partial charge >= 0.3 is 0 Å². The summed E-state index contributed by atoms with van der Waals surface area (Å²) in [5.41, 5.74) is 3.25. The lowest BCUT2D eigenvalue weighted by Crippen LogP contribution is -2.07. The normalized spacial score (nSPS) is 10.9. The first-order chi connectivity index (χ1) is 9.88. The van der Waals surface area contributed by atoms with E-state index >= 15 is 0 Å². The zero-order valence-electron chi connectivity index (χ0n) is 12.4. The van der Waals surface area contributed by atoms with Crippen molar-refractivity contribution in [2.75, 3.05) is 0 Å². The second-order valence-electron chi connectivity index (χ2n) is 5.22. The number of hydrogen-bond acceptors (Lipinski definition) is 2. The molecule has 1 aromatic carbocycles. The van der Waals surface area contributed by atoms with E-state index in [0.29, 0.717) is 12.8 Å². The molecule has 2 aromatic rings. The Hall–Kier alpha value is -2.04. The van der Waals surface area contributed by atoms with Crippen molar-refractivity contribution in [2.24, 2.45) is 7.05 Å². The maximum Gasteiger partial charge on any atom is 0.137 e. The molecule has 1 aromatic heterocycles. The predicted molar refractivity (Wildman–Crippen MR) is 76.1 cm³/mol. The maximum atomic E-state index is 13.5. The first-order valence-corrected chi connectivity index (χ1v) is 6.83. The van der Waals surface area contributed by atoms with Crippen LogP contribution < -0.4 is 0 Å². The van der Waals surface area contributed by atoms with Crippen molar-refractivity contribution in [1.29, 1.82) is 0 Å². The Labute approximate surface area is 122 Å². The third-order valence-corrected chi connectivity index (χ3v) is 3.72. The van der Waals surface area contributed by atoms with Crippen LogP contribution in [0.2, 0.25) is 0 Å². The molecule has 0 saturated carbocycles. The Kier molecular flexibility index (Phi) is 4.50. The van der Waals surface area contributed by atoms with E-state index in [0.717, 1.165) is 23.0 Å². The zero-order valence-corrected chi connectivity index (χ0v) is 12.4. The maximum absolute atomic E-state index is 13.5. The van der Waals surface area contributed by atoms with Crippen LogP contribution >= 0.6 is 0 Å². The second kappa shape index (κ2) is 6.16. The van der Waals surface area contributed by atoms with Gasteiger partial charge in [-0.1, -0.05) is 6.07 Å². The highest BCUT2D eigenvalue weighted by molar-refractivity contribution is 5.81. The molecule has 0 atom stereocenters. The number of hydrogen-bond donors (Lipinski definition) is 0. The average molecular weight is 292 g/mol. The van der Waals surface area contributed by atoms with Crippen molar-refractivity contribution in [3.8, 4) is 0 Å². The summed E-state index contributed by atoms with van der Waals surface area (Å²) in [4.78, 5) is 12.0. The van der Waals surface area contributed by atoms with Gasteiger partial charge in [0.2, 0.25) is 0 Å². The summed E-state index contributed by atoms with van der Waals surface area (Å²) in [6, 6.07) is 3.29. The van der Waals surface area contributed by atoms with Gasteiger partial charge in [-0.25, -0.2) is 8.78 Å². The van der Waals surface area contributed by atoms with Gasteiger partial charge in [-0.3, -0.25) is 9.48 Å². The van der Waals surface area contributed by atoms with Crippen LogP contribution in [0.15, 0.2) is 18.2 Å². The number of aromatic nitrogens is 2. The van der Waals surface area contributed by atoms with Crippen molar-refractivity contribution in [3.05, 3.63) is 52.3 Å². The molecule has 0 spiro atoms. The molecule has 1 heterocycles. The lowest BCUT2D eigenvalue weighted by atomic mass is 10.0. The van der Waals surface area contributed by atoms with Gasteiger partial charge in [0.15, 0.2) is 0 Å². The molecule has 112 valence electrons. The highest BCUT2D eigenvalue weighted by Gasteiger charge is 2.13. The number of benzene rings is 1. The molecule has 0 radical (unpaired) electrons. The molecule has 0 unspecified atom stereocenters. The second-order valence-corrected chi connectivity index (χ2v) is 5.22. The Morgan fingerprint density at radius 3 is 2.57 bits per heavy atom. The quantitative estimate of drug-likeness (QED) is 0.849. The van der Waals surface area contributed by atoms with Crippen molar-refractivity contribution in [1.82, 2.24) is 9.78 Å². The number of halogens is 2. The third-order valence-electron chi connectivity index (χ3n) is 3.72. The molecule has 0 N–H and O–H groups in total. The molecule has 5 heteroatoms.